The van der Waals surface area contributed by atoms with Gasteiger partial charge in [-0.15, -0.1) is 0 Å². The van der Waals surface area contributed by atoms with Gasteiger partial charge in [-0.2, -0.15) is 0 Å². The molecule has 1 aromatic rings. The van der Waals surface area contributed by atoms with Crippen LogP contribution in [-0.2, 0) is 0 Å². The molecule has 1 fully saturated rings. The first-order valence-electron chi connectivity index (χ1n) is 5.61. The Balaban J connectivity index is 2.10. The number of rotatable bonds is 0. The lowest BCUT2D eigenvalue weighted by Gasteiger charge is -2.13. The standard InChI is InChI=1S/C14H13F2N/c15-13-5-4-12(14(16)10-13)3-1-2-11-6-8-17-9-7-11/h2,4-5,10,17H,6-9H2. The van der Waals surface area contributed by atoms with Gasteiger partial charge in [-0.1, -0.05) is 17.4 Å². The number of benzene rings is 1. The minimum atomic E-state index is -0.610. The molecular weight excluding hydrogens is 220 g/mol. The minimum Gasteiger partial charge on any atom is -0.316 e. The maximum absolute atomic E-state index is 13.2. The average molecular weight is 233 g/mol. The third kappa shape index (κ3) is 3.40. The number of halogens is 2. The van der Waals surface area contributed by atoms with Gasteiger partial charge < -0.3 is 5.32 Å². The zero-order valence-electron chi connectivity index (χ0n) is 9.39. The summed E-state index contributed by atoms with van der Waals surface area (Å²) in [6, 6.07) is 3.42. The van der Waals surface area contributed by atoms with Gasteiger partial charge in [-0.25, -0.2) is 8.78 Å². The van der Waals surface area contributed by atoms with E-state index >= 15 is 0 Å². The van der Waals surface area contributed by atoms with Crippen LogP contribution in [0.15, 0.2) is 29.8 Å². The Labute approximate surface area is 99.5 Å². The van der Waals surface area contributed by atoms with Crippen molar-refractivity contribution in [1.29, 1.82) is 0 Å². The summed E-state index contributed by atoms with van der Waals surface area (Å²) in [7, 11) is 0. The van der Waals surface area contributed by atoms with E-state index in [1.807, 2.05) is 6.08 Å². The molecule has 1 aliphatic heterocycles. The van der Waals surface area contributed by atoms with Crippen LogP contribution < -0.4 is 5.32 Å². The maximum Gasteiger partial charge on any atom is 0.141 e. The van der Waals surface area contributed by atoms with Crippen LogP contribution in [0.4, 0.5) is 8.78 Å². The highest BCUT2D eigenvalue weighted by Crippen LogP contribution is 2.10. The molecule has 2 rings (SSSR count). The summed E-state index contributed by atoms with van der Waals surface area (Å²) in [4.78, 5) is 0. The third-order valence-corrected chi connectivity index (χ3v) is 2.66. The normalized spacial score (nSPS) is 15.1. The van der Waals surface area contributed by atoms with E-state index in [0.717, 1.165) is 32.0 Å². The van der Waals surface area contributed by atoms with Crippen molar-refractivity contribution in [2.24, 2.45) is 0 Å². The molecule has 0 unspecified atom stereocenters. The first kappa shape index (κ1) is 11.8. The van der Waals surface area contributed by atoms with Crippen LogP contribution >= 0.6 is 0 Å². The number of nitrogens with one attached hydrogen (secondary N) is 1. The first-order valence-corrected chi connectivity index (χ1v) is 5.61. The second-order valence-corrected chi connectivity index (χ2v) is 3.95. The average Bonchev–Trinajstić information content (AvgIpc) is 2.33. The fourth-order valence-electron chi connectivity index (χ4n) is 1.70. The SMILES string of the molecule is Fc1ccc(C#CC=C2CCNCC2)c(F)c1. The van der Waals surface area contributed by atoms with Crippen molar-refractivity contribution < 1.29 is 8.78 Å². The van der Waals surface area contributed by atoms with Crippen LogP contribution in [0, 0.1) is 23.5 Å². The van der Waals surface area contributed by atoms with Crippen molar-refractivity contribution in [3.05, 3.63) is 47.0 Å². The van der Waals surface area contributed by atoms with Crippen molar-refractivity contribution in [2.75, 3.05) is 13.1 Å². The first-order chi connectivity index (χ1) is 8.25. The number of hydrogen-bond acceptors (Lipinski definition) is 1. The molecule has 1 nitrogen and oxygen atoms in total. The van der Waals surface area contributed by atoms with E-state index in [1.54, 1.807) is 0 Å². The number of allylic oxidation sites excluding steroid dienone is 1. The summed E-state index contributed by atoms with van der Waals surface area (Å²) in [5.41, 5.74) is 1.51. The summed E-state index contributed by atoms with van der Waals surface area (Å²) in [6.07, 6.45) is 3.81. The quantitative estimate of drug-likeness (QED) is 0.679. The molecule has 0 atom stereocenters. The molecule has 0 amide bonds. The highest BCUT2D eigenvalue weighted by molar-refractivity contribution is 5.39. The molecule has 0 aliphatic carbocycles. The summed E-state index contributed by atoms with van der Waals surface area (Å²) < 4.78 is 25.9. The van der Waals surface area contributed by atoms with Gasteiger partial charge in [0, 0.05) is 6.07 Å². The van der Waals surface area contributed by atoms with Crippen LogP contribution in [0.1, 0.15) is 18.4 Å². The maximum atomic E-state index is 13.2. The summed E-state index contributed by atoms with van der Waals surface area (Å²) in [6.45, 7) is 1.94. The van der Waals surface area contributed by atoms with Crippen LogP contribution in [0.5, 0.6) is 0 Å². The van der Waals surface area contributed by atoms with Gasteiger partial charge in [0.05, 0.1) is 5.56 Å². The smallest absolute Gasteiger partial charge is 0.141 e. The molecule has 0 spiro atoms. The van der Waals surface area contributed by atoms with Crippen LogP contribution in [0.25, 0.3) is 0 Å². The van der Waals surface area contributed by atoms with Crippen LogP contribution in [-0.4, -0.2) is 13.1 Å². The Morgan fingerprint density at radius 3 is 2.65 bits per heavy atom. The lowest BCUT2D eigenvalue weighted by molar-refractivity contribution is 0.581. The van der Waals surface area contributed by atoms with E-state index in [-0.39, 0.29) is 5.56 Å². The molecule has 0 aromatic heterocycles. The second kappa shape index (κ2) is 5.60. The van der Waals surface area contributed by atoms with E-state index in [1.165, 1.54) is 17.7 Å². The van der Waals surface area contributed by atoms with Crippen molar-refractivity contribution >= 4 is 0 Å². The highest BCUT2D eigenvalue weighted by atomic mass is 19.1. The third-order valence-electron chi connectivity index (χ3n) is 2.66. The Hall–Kier alpha value is -1.66. The van der Waals surface area contributed by atoms with E-state index in [0.29, 0.717) is 0 Å². The zero-order valence-corrected chi connectivity index (χ0v) is 9.39. The summed E-state index contributed by atoms with van der Waals surface area (Å²) in [5, 5.41) is 3.25. The molecular formula is C14H13F2N. The minimum absolute atomic E-state index is 0.234. The lowest BCUT2D eigenvalue weighted by atomic mass is 10.1. The molecule has 88 valence electrons. The van der Waals surface area contributed by atoms with Gasteiger partial charge in [-0.05, 0) is 44.1 Å². The molecule has 1 N–H and O–H groups in total. The molecule has 1 aromatic carbocycles. The number of hydrogen-bond donors (Lipinski definition) is 1. The zero-order chi connectivity index (χ0) is 12.1. The largest absolute Gasteiger partial charge is 0.316 e. The van der Waals surface area contributed by atoms with Gasteiger partial charge >= 0.3 is 0 Å². The molecule has 0 saturated carbocycles. The van der Waals surface area contributed by atoms with E-state index in [2.05, 4.69) is 17.2 Å². The molecule has 1 saturated heterocycles. The summed E-state index contributed by atoms with van der Waals surface area (Å²) >= 11 is 0. The molecule has 3 heteroatoms. The van der Waals surface area contributed by atoms with Gasteiger partial charge in [0.25, 0.3) is 0 Å². The Morgan fingerprint density at radius 2 is 1.94 bits per heavy atom. The van der Waals surface area contributed by atoms with Gasteiger partial charge in [-0.3, -0.25) is 0 Å². The van der Waals surface area contributed by atoms with Gasteiger partial charge in [0.2, 0.25) is 0 Å². The van der Waals surface area contributed by atoms with Crippen molar-refractivity contribution in [1.82, 2.24) is 5.32 Å². The topological polar surface area (TPSA) is 12.0 Å². The van der Waals surface area contributed by atoms with Gasteiger partial charge in [0.15, 0.2) is 0 Å². The highest BCUT2D eigenvalue weighted by Gasteiger charge is 2.02. The predicted molar refractivity (Wildman–Crippen MR) is 63.4 cm³/mol. The summed E-state index contributed by atoms with van der Waals surface area (Å²) in [5.74, 6) is 4.34. The molecule has 0 bridgehead atoms. The lowest BCUT2D eigenvalue weighted by Crippen LogP contribution is -2.22. The molecule has 17 heavy (non-hydrogen) atoms. The monoisotopic (exact) mass is 233 g/mol. The second-order valence-electron chi connectivity index (χ2n) is 3.95. The molecule has 0 radical (unpaired) electrons. The predicted octanol–water partition coefficient (Wildman–Crippen LogP) is 2.63. The van der Waals surface area contributed by atoms with Crippen molar-refractivity contribution in [3.63, 3.8) is 0 Å². The van der Waals surface area contributed by atoms with E-state index in [9.17, 15) is 8.78 Å². The van der Waals surface area contributed by atoms with Crippen molar-refractivity contribution in [3.8, 4) is 11.8 Å². The van der Waals surface area contributed by atoms with Crippen molar-refractivity contribution in [2.45, 2.75) is 12.8 Å². The fourth-order valence-corrected chi connectivity index (χ4v) is 1.70. The van der Waals surface area contributed by atoms with E-state index in [4.69, 9.17) is 0 Å². The molecule has 1 aliphatic rings. The van der Waals surface area contributed by atoms with E-state index < -0.39 is 11.6 Å². The Bertz CT molecular complexity index is 487. The fraction of sp³-hybridized carbons (Fsp3) is 0.286. The van der Waals surface area contributed by atoms with Crippen LogP contribution in [0.2, 0.25) is 0 Å². The Kier molecular flexibility index (Phi) is 3.89. The molecule has 1 heterocycles. The van der Waals surface area contributed by atoms with Gasteiger partial charge in [0.1, 0.15) is 11.6 Å². The van der Waals surface area contributed by atoms with Crippen LogP contribution in [0.3, 0.4) is 0 Å². The Morgan fingerprint density at radius 1 is 1.18 bits per heavy atom. The number of piperidine rings is 1.